The molecule has 8 heteroatoms. The Kier molecular flexibility index (Phi) is 7.65. The summed E-state index contributed by atoms with van der Waals surface area (Å²) in [6, 6.07) is 18.7. The van der Waals surface area contributed by atoms with Crippen molar-refractivity contribution in [2.75, 3.05) is 17.3 Å². The zero-order chi connectivity index (χ0) is 25.5. The second-order valence-electron chi connectivity index (χ2n) is 7.96. The smallest absolute Gasteiger partial charge is 0.279 e. The Morgan fingerprint density at radius 2 is 1.78 bits per heavy atom. The maximum Gasteiger partial charge on any atom is 0.279 e. The van der Waals surface area contributed by atoms with Gasteiger partial charge < -0.3 is 10.1 Å². The number of carbonyl (C=O) groups excluding carboxylic acids is 2. The van der Waals surface area contributed by atoms with Crippen LogP contribution in [0.25, 0.3) is 0 Å². The van der Waals surface area contributed by atoms with Gasteiger partial charge in [0.15, 0.2) is 0 Å². The number of aryl methyl sites for hydroxylation is 1. The van der Waals surface area contributed by atoms with Gasteiger partial charge >= 0.3 is 0 Å². The summed E-state index contributed by atoms with van der Waals surface area (Å²) in [7, 11) is 1.52. The molecule has 1 atom stereocenters. The Hall–Kier alpha value is -4.59. The summed E-state index contributed by atoms with van der Waals surface area (Å²) >= 11 is 0. The summed E-state index contributed by atoms with van der Waals surface area (Å²) in [5.41, 5.74) is 2.58. The molecular weight excluding hydrogens is 459 g/mol. The lowest BCUT2D eigenvalue weighted by atomic mass is 10.00. The molecule has 0 aliphatic rings. The minimum atomic E-state index is -1.08. The highest BCUT2D eigenvalue weighted by atomic mass is 19.1. The van der Waals surface area contributed by atoms with Crippen molar-refractivity contribution in [2.24, 2.45) is 0 Å². The molecular formula is C28H25FN4O3. The molecule has 1 aromatic heterocycles. The van der Waals surface area contributed by atoms with Crippen LogP contribution in [0.4, 0.5) is 15.8 Å². The monoisotopic (exact) mass is 484 g/mol. The van der Waals surface area contributed by atoms with Crippen molar-refractivity contribution in [1.29, 1.82) is 0 Å². The highest BCUT2D eigenvalue weighted by molar-refractivity contribution is 6.11. The minimum absolute atomic E-state index is 0.0741. The van der Waals surface area contributed by atoms with E-state index in [-0.39, 0.29) is 5.69 Å². The van der Waals surface area contributed by atoms with E-state index in [1.807, 2.05) is 31.2 Å². The maximum absolute atomic E-state index is 13.8. The summed E-state index contributed by atoms with van der Waals surface area (Å²) in [6.45, 7) is 2.04. The van der Waals surface area contributed by atoms with Gasteiger partial charge in [-0.05, 0) is 53.9 Å². The van der Waals surface area contributed by atoms with E-state index in [9.17, 15) is 14.0 Å². The van der Waals surface area contributed by atoms with Crippen molar-refractivity contribution >= 4 is 23.2 Å². The van der Waals surface area contributed by atoms with Gasteiger partial charge in [-0.25, -0.2) is 9.37 Å². The van der Waals surface area contributed by atoms with Crippen molar-refractivity contribution in [2.45, 2.75) is 19.4 Å². The van der Waals surface area contributed by atoms with E-state index < -0.39 is 23.7 Å². The zero-order valence-electron chi connectivity index (χ0n) is 19.9. The number of halogens is 1. The summed E-state index contributed by atoms with van der Waals surface area (Å²) in [6.07, 6.45) is 5.06. The number of rotatable bonds is 8. The number of anilines is 2. The summed E-state index contributed by atoms with van der Waals surface area (Å²) in [5, 5.41) is 2.81. The van der Waals surface area contributed by atoms with Crippen LogP contribution in [-0.4, -0.2) is 28.9 Å². The average molecular weight is 485 g/mol. The summed E-state index contributed by atoms with van der Waals surface area (Å²) < 4.78 is 18.8. The average Bonchev–Trinajstić information content (AvgIpc) is 2.93. The minimum Gasteiger partial charge on any atom is -0.497 e. The molecule has 0 bridgehead atoms. The normalized spacial score (nSPS) is 11.4. The number of nitrogens with one attached hydrogen (secondary N) is 1. The molecule has 0 fully saturated rings. The quantitative estimate of drug-likeness (QED) is 0.371. The van der Waals surface area contributed by atoms with Gasteiger partial charge in [0, 0.05) is 29.8 Å². The van der Waals surface area contributed by atoms with Gasteiger partial charge in [0.2, 0.25) is 0 Å². The number of hydrogen-bond acceptors (Lipinski definition) is 5. The fourth-order valence-electron chi connectivity index (χ4n) is 3.77. The summed E-state index contributed by atoms with van der Waals surface area (Å²) in [4.78, 5) is 37.2. The molecule has 0 aliphatic heterocycles. The van der Waals surface area contributed by atoms with Crippen LogP contribution in [0, 0.1) is 5.82 Å². The standard InChI is InChI=1S/C28H25FN4O3/c1-3-19-7-9-20(10-8-19)26(27(34)32-22-13-11-21(29)12-14-22)33(23-5-4-6-24(17-23)36-2)28(35)25-18-30-15-16-31-25/h4-18,26H,3H2,1-2H3,(H,32,34)/t26-/m0/s1. The molecule has 0 unspecified atom stereocenters. The van der Waals surface area contributed by atoms with Gasteiger partial charge in [-0.15, -0.1) is 0 Å². The molecule has 7 nitrogen and oxygen atoms in total. The first-order chi connectivity index (χ1) is 17.5. The van der Waals surface area contributed by atoms with E-state index in [4.69, 9.17) is 4.74 Å². The molecule has 4 aromatic rings. The largest absolute Gasteiger partial charge is 0.497 e. The van der Waals surface area contributed by atoms with Crippen LogP contribution in [0.15, 0.2) is 91.4 Å². The van der Waals surface area contributed by atoms with Gasteiger partial charge in [0.1, 0.15) is 23.3 Å². The Morgan fingerprint density at radius 1 is 1.03 bits per heavy atom. The maximum atomic E-state index is 13.8. The highest BCUT2D eigenvalue weighted by Gasteiger charge is 2.34. The van der Waals surface area contributed by atoms with E-state index in [0.29, 0.717) is 22.7 Å². The van der Waals surface area contributed by atoms with Gasteiger partial charge in [0.05, 0.1) is 13.3 Å². The van der Waals surface area contributed by atoms with Crippen molar-refractivity contribution < 1.29 is 18.7 Å². The molecule has 2 amide bonds. The number of aromatic nitrogens is 2. The number of nitrogens with zero attached hydrogens (tertiary/aromatic N) is 3. The Morgan fingerprint density at radius 3 is 2.42 bits per heavy atom. The van der Waals surface area contributed by atoms with E-state index in [1.54, 1.807) is 24.3 Å². The molecule has 1 heterocycles. The molecule has 0 spiro atoms. The molecule has 0 radical (unpaired) electrons. The van der Waals surface area contributed by atoms with Crippen molar-refractivity contribution in [3.8, 4) is 5.75 Å². The first kappa shape index (κ1) is 24.5. The Labute approximate surface area is 208 Å². The van der Waals surface area contributed by atoms with E-state index in [0.717, 1.165) is 12.0 Å². The van der Waals surface area contributed by atoms with Crippen LogP contribution in [0.1, 0.15) is 34.6 Å². The predicted molar refractivity (Wildman–Crippen MR) is 135 cm³/mol. The number of ether oxygens (including phenoxy) is 1. The second-order valence-corrected chi connectivity index (χ2v) is 7.96. The SMILES string of the molecule is CCc1ccc([C@@H](C(=O)Nc2ccc(F)cc2)N(C(=O)c2cnccn2)c2cccc(OC)c2)cc1. The van der Waals surface area contributed by atoms with Crippen LogP contribution in [0.5, 0.6) is 5.75 Å². The molecule has 36 heavy (non-hydrogen) atoms. The molecule has 0 saturated heterocycles. The van der Waals surface area contributed by atoms with Gasteiger partial charge in [0.25, 0.3) is 11.8 Å². The Balaban J connectivity index is 1.85. The molecule has 0 aliphatic carbocycles. The lowest BCUT2D eigenvalue weighted by molar-refractivity contribution is -0.117. The molecule has 182 valence electrons. The van der Waals surface area contributed by atoms with Crippen LogP contribution >= 0.6 is 0 Å². The lowest BCUT2D eigenvalue weighted by Crippen LogP contribution is -2.42. The third-order valence-electron chi connectivity index (χ3n) is 5.65. The lowest BCUT2D eigenvalue weighted by Gasteiger charge is -2.31. The van der Waals surface area contributed by atoms with Gasteiger partial charge in [-0.3, -0.25) is 19.5 Å². The highest BCUT2D eigenvalue weighted by Crippen LogP contribution is 2.32. The summed E-state index contributed by atoms with van der Waals surface area (Å²) in [5.74, 6) is -0.903. The number of carbonyl (C=O) groups is 2. The topological polar surface area (TPSA) is 84.4 Å². The van der Waals surface area contributed by atoms with Crippen molar-refractivity contribution in [3.63, 3.8) is 0 Å². The number of amides is 2. The second kappa shape index (κ2) is 11.2. The fourth-order valence-corrected chi connectivity index (χ4v) is 3.77. The molecule has 3 aromatic carbocycles. The van der Waals surface area contributed by atoms with E-state index >= 15 is 0 Å². The first-order valence-electron chi connectivity index (χ1n) is 11.4. The van der Waals surface area contributed by atoms with Crippen molar-refractivity contribution in [1.82, 2.24) is 9.97 Å². The first-order valence-corrected chi connectivity index (χ1v) is 11.4. The van der Waals surface area contributed by atoms with Gasteiger partial charge in [-0.2, -0.15) is 0 Å². The third-order valence-corrected chi connectivity index (χ3v) is 5.65. The zero-order valence-corrected chi connectivity index (χ0v) is 19.9. The molecule has 0 saturated carbocycles. The predicted octanol–water partition coefficient (Wildman–Crippen LogP) is 5.21. The molecule has 4 rings (SSSR count). The van der Waals surface area contributed by atoms with Crippen LogP contribution < -0.4 is 15.0 Å². The number of methoxy groups -OCH3 is 1. The van der Waals surface area contributed by atoms with Crippen LogP contribution in [-0.2, 0) is 11.2 Å². The third kappa shape index (κ3) is 5.55. The molecule has 1 N–H and O–H groups in total. The fraction of sp³-hybridized carbons (Fsp3) is 0.143. The van der Waals surface area contributed by atoms with Crippen LogP contribution in [0.3, 0.4) is 0 Å². The number of hydrogen-bond donors (Lipinski definition) is 1. The Bertz CT molecular complexity index is 1330. The van der Waals surface area contributed by atoms with Crippen LogP contribution in [0.2, 0.25) is 0 Å². The van der Waals surface area contributed by atoms with E-state index in [1.165, 1.54) is 54.9 Å². The number of benzene rings is 3. The van der Waals surface area contributed by atoms with E-state index in [2.05, 4.69) is 15.3 Å². The van der Waals surface area contributed by atoms with Gasteiger partial charge in [-0.1, -0.05) is 37.3 Å². The van der Waals surface area contributed by atoms with Crippen molar-refractivity contribution in [3.05, 3.63) is 114 Å².